The van der Waals surface area contributed by atoms with Crippen LogP contribution in [0.15, 0.2) is 53.9 Å². The summed E-state index contributed by atoms with van der Waals surface area (Å²) in [5.41, 5.74) is 2.92. The summed E-state index contributed by atoms with van der Waals surface area (Å²) in [6, 6.07) is 14.7. The van der Waals surface area contributed by atoms with Crippen molar-refractivity contribution in [2.45, 2.75) is 6.92 Å². The molecule has 2 heterocycles. The summed E-state index contributed by atoms with van der Waals surface area (Å²) >= 11 is 1.36. The van der Waals surface area contributed by atoms with Gasteiger partial charge in [0.15, 0.2) is 11.7 Å². The summed E-state index contributed by atoms with van der Waals surface area (Å²) < 4.78 is 5.50. The molecule has 0 aliphatic carbocycles. The fraction of sp³-hybridized carbons (Fsp3) is 0.150. The molecule has 1 N–H and O–H groups in total. The van der Waals surface area contributed by atoms with Crippen LogP contribution in [0.25, 0.3) is 11.3 Å². The van der Waals surface area contributed by atoms with Crippen LogP contribution in [0.5, 0.6) is 5.75 Å². The van der Waals surface area contributed by atoms with E-state index in [1.807, 2.05) is 48.7 Å². The molecule has 6 nitrogen and oxygen atoms in total. The number of aromatic nitrogens is 1. The number of likely N-dealkylation sites (N-methyl/N-ethyl adjacent to an activating group) is 1. The van der Waals surface area contributed by atoms with Crippen molar-refractivity contribution in [3.05, 3.63) is 59.5 Å². The lowest BCUT2D eigenvalue weighted by Crippen LogP contribution is -2.38. The van der Waals surface area contributed by atoms with Gasteiger partial charge in [-0.2, -0.15) is 0 Å². The van der Waals surface area contributed by atoms with Crippen LogP contribution in [-0.4, -0.2) is 29.9 Å². The van der Waals surface area contributed by atoms with Gasteiger partial charge in [-0.3, -0.25) is 14.9 Å². The normalized spacial score (nSPS) is 13.1. The summed E-state index contributed by atoms with van der Waals surface area (Å²) in [5.74, 6) is 0.433. The molecule has 0 saturated carbocycles. The van der Waals surface area contributed by atoms with Crippen molar-refractivity contribution in [3.63, 3.8) is 0 Å². The van der Waals surface area contributed by atoms with Gasteiger partial charge in [0.25, 0.3) is 11.8 Å². The van der Waals surface area contributed by atoms with Crippen LogP contribution in [0, 0.1) is 0 Å². The first kappa shape index (κ1) is 17.2. The molecule has 1 aromatic heterocycles. The second kappa shape index (κ2) is 7.20. The van der Waals surface area contributed by atoms with E-state index in [1.165, 1.54) is 11.3 Å². The molecule has 0 saturated heterocycles. The Kier molecular flexibility index (Phi) is 4.60. The van der Waals surface area contributed by atoms with Crippen molar-refractivity contribution < 1.29 is 14.3 Å². The van der Waals surface area contributed by atoms with E-state index in [9.17, 15) is 9.59 Å². The lowest BCUT2D eigenvalue weighted by Gasteiger charge is -2.28. The highest BCUT2D eigenvalue weighted by Gasteiger charge is 2.24. The molecular formula is C20H17N3O3S. The molecular weight excluding hydrogens is 362 g/mol. The first-order chi connectivity index (χ1) is 13.2. The number of nitrogens with one attached hydrogen (secondary N) is 1. The average molecular weight is 379 g/mol. The van der Waals surface area contributed by atoms with Crippen molar-refractivity contribution in [3.8, 4) is 17.0 Å². The van der Waals surface area contributed by atoms with E-state index in [0.29, 0.717) is 23.0 Å². The van der Waals surface area contributed by atoms with Crippen molar-refractivity contribution in [1.82, 2.24) is 4.98 Å². The maximum Gasteiger partial charge on any atom is 0.265 e. The Hall–Kier alpha value is -3.19. The Labute approximate surface area is 160 Å². The van der Waals surface area contributed by atoms with Crippen LogP contribution < -0.4 is 15.0 Å². The highest BCUT2D eigenvalue weighted by Crippen LogP contribution is 2.36. The van der Waals surface area contributed by atoms with Gasteiger partial charge in [-0.1, -0.05) is 18.2 Å². The van der Waals surface area contributed by atoms with Crippen LogP contribution >= 0.6 is 11.3 Å². The van der Waals surface area contributed by atoms with Gasteiger partial charge in [-0.25, -0.2) is 4.98 Å². The third-order valence-corrected chi connectivity index (χ3v) is 5.03. The number of nitrogens with zero attached hydrogens (tertiary/aromatic N) is 2. The Morgan fingerprint density at radius 2 is 2.07 bits per heavy atom. The van der Waals surface area contributed by atoms with Gasteiger partial charge in [-0.15, -0.1) is 11.3 Å². The molecule has 0 spiro atoms. The standard InChI is InChI=1S/C20H17N3O3S/c1-2-23-16-10-14(8-9-17(16)26-11-18(23)24)15-12-27-20(21-15)22-19(25)13-6-4-3-5-7-13/h3-10,12H,2,11H2,1H3,(H,21,22,25). The van der Waals surface area contributed by atoms with Crippen LogP contribution in [0.3, 0.4) is 0 Å². The number of amides is 2. The summed E-state index contributed by atoms with van der Waals surface area (Å²) in [6.45, 7) is 2.57. The Morgan fingerprint density at radius 1 is 1.26 bits per heavy atom. The lowest BCUT2D eigenvalue weighted by atomic mass is 10.1. The van der Waals surface area contributed by atoms with Gasteiger partial charge >= 0.3 is 0 Å². The first-order valence-corrected chi connectivity index (χ1v) is 9.43. The number of ether oxygens (including phenoxy) is 1. The molecule has 1 aliphatic rings. The fourth-order valence-corrected chi connectivity index (χ4v) is 3.65. The molecule has 0 fully saturated rings. The zero-order chi connectivity index (χ0) is 18.8. The minimum Gasteiger partial charge on any atom is -0.482 e. The van der Waals surface area contributed by atoms with Crippen molar-refractivity contribution in [2.75, 3.05) is 23.4 Å². The van der Waals surface area contributed by atoms with E-state index in [4.69, 9.17) is 4.74 Å². The van der Waals surface area contributed by atoms with E-state index in [1.54, 1.807) is 17.0 Å². The van der Waals surface area contributed by atoms with E-state index < -0.39 is 0 Å². The molecule has 7 heteroatoms. The molecule has 2 aromatic carbocycles. The predicted molar refractivity (Wildman–Crippen MR) is 105 cm³/mol. The molecule has 0 atom stereocenters. The molecule has 1 aliphatic heterocycles. The zero-order valence-corrected chi connectivity index (χ0v) is 15.5. The number of hydrogen-bond acceptors (Lipinski definition) is 5. The monoisotopic (exact) mass is 379 g/mol. The van der Waals surface area contributed by atoms with Gasteiger partial charge in [0.2, 0.25) is 0 Å². The maximum absolute atomic E-state index is 12.3. The summed E-state index contributed by atoms with van der Waals surface area (Å²) in [4.78, 5) is 30.5. The molecule has 136 valence electrons. The average Bonchev–Trinajstić information content (AvgIpc) is 3.16. The topological polar surface area (TPSA) is 71.5 Å². The highest BCUT2D eigenvalue weighted by molar-refractivity contribution is 7.14. The minimum atomic E-state index is -0.196. The van der Waals surface area contributed by atoms with Crippen molar-refractivity contribution in [2.24, 2.45) is 0 Å². The lowest BCUT2D eigenvalue weighted by molar-refractivity contribution is -0.121. The first-order valence-electron chi connectivity index (χ1n) is 8.55. The van der Waals surface area contributed by atoms with E-state index in [0.717, 1.165) is 16.9 Å². The van der Waals surface area contributed by atoms with Crippen LogP contribution in [0.4, 0.5) is 10.8 Å². The molecule has 3 aromatic rings. The number of anilines is 2. The Bertz CT molecular complexity index is 1000. The number of thiazole rings is 1. The number of hydrogen-bond donors (Lipinski definition) is 1. The minimum absolute atomic E-state index is 0.0590. The Morgan fingerprint density at radius 3 is 2.85 bits per heavy atom. The van der Waals surface area contributed by atoms with Gasteiger partial charge in [0, 0.05) is 23.1 Å². The third-order valence-electron chi connectivity index (χ3n) is 4.27. The fourth-order valence-electron chi connectivity index (χ4n) is 2.93. The van der Waals surface area contributed by atoms with Crippen molar-refractivity contribution >= 4 is 34.0 Å². The maximum atomic E-state index is 12.3. The number of benzene rings is 2. The molecule has 27 heavy (non-hydrogen) atoms. The van der Waals surface area contributed by atoms with Crippen LogP contribution in [0.1, 0.15) is 17.3 Å². The van der Waals surface area contributed by atoms with Gasteiger partial charge in [0.05, 0.1) is 11.4 Å². The highest BCUT2D eigenvalue weighted by atomic mass is 32.1. The third kappa shape index (κ3) is 3.41. The molecule has 0 unspecified atom stereocenters. The molecule has 0 radical (unpaired) electrons. The molecule has 2 amide bonds. The van der Waals surface area contributed by atoms with Crippen LogP contribution in [0.2, 0.25) is 0 Å². The van der Waals surface area contributed by atoms with E-state index >= 15 is 0 Å². The number of carbonyl (C=O) groups is 2. The van der Waals surface area contributed by atoms with Gasteiger partial charge in [-0.05, 0) is 37.3 Å². The number of carbonyl (C=O) groups excluding carboxylic acids is 2. The van der Waals surface area contributed by atoms with Gasteiger partial charge in [0.1, 0.15) is 5.75 Å². The largest absolute Gasteiger partial charge is 0.482 e. The summed E-state index contributed by atoms with van der Waals surface area (Å²) in [7, 11) is 0. The Balaban J connectivity index is 1.58. The SMILES string of the molecule is CCN1C(=O)COc2ccc(-c3csc(NC(=O)c4ccccc4)n3)cc21. The van der Waals surface area contributed by atoms with Crippen LogP contribution in [-0.2, 0) is 4.79 Å². The molecule has 4 rings (SSSR count). The van der Waals surface area contributed by atoms with Crippen molar-refractivity contribution in [1.29, 1.82) is 0 Å². The quantitative estimate of drug-likeness (QED) is 0.748. The van der Waals surface area contributed by atoms with E-state index in [-0.39, 0.29) is 18.4 Å². The van der Waals surface area contributed by atoms with Gasteiger partial charge < -0.3 is 9.64 Å². The van der Waals surface area contributed by atoms with E-state index in [2.05, 4.69) is 10.3 Å². The smallest absolute Gasteiger partial charge is 0.265 e. The second-order valence-corrected chi connectivity index (χ2v) is 6.83. The number of fused-ring (bicyclic) bond motifs is 1. The zero-order valence-electron chi connectivity index (χ0n) is 14.6. The molecule has 0 bridgehead atoms. The summed E-state index contributed by atoms with van der Waals surface area (Å²) in [6.07, 6.45) is 0. The number of rotatable bonds is 4. The predicted octanol–water partition coefficient (Wildman–Crippen LogP) is 3.81. The second-order valence-electron chi connectivity index (χ2n) is 5.97. The summed E-state index contributed by atoms with van der Waals surface area (Å²) in [5, 5.41) is 5.22.